The Balaban J connectivity index is 1.76. The molecule has 2 N–H and O–H groups in total. The molecule has 6 heteroatoms. The molecule has 0 saturated carbocycles. The number of nitrogens with zero attached hydrogens (tertiary/aromatic N) is 1. The van der Waals surface area contributed by atoms with Crippen molar-refractivity contribution in [3.63, 3.8) is 0 Å². The molecule has 0 saturated heterocycles. The lowest BCUT2D eigenvalue weighted by molar-refractivity contribution is 0.0439. The highest BCUT2D eigenvalue weighted by molar-refractivity contribution is 5.89. The number of benzene rings is 1. The number of nitrogens with two attached hydrogens (primary N) is 1. The van der Waals surface area contributed by atoms with Crippen LogP contribution >= 0.6 is 0 Å². The maximum Gasteiger partial charge on any atom is 0.355 e. The van der Waals surface area contributed by atoms with Gasteiger partial charge in [0.05, 0.1) is 12.8 Å². The standard InChI is InChI=1S/C15H18N2O4/c1-17-10-11(16)9-14(17)15(18)21-8-7-20-13-5-3-12(19-2)4-6-13/h3-6,9-10H,7-8,16H2,1-2H3. The first-order valence-electron chi connectivity index (χ1n) is 6.46. The third-order valence-corrected chi connectivity index (χ3v) is 2.88. The first-order chi connectivity index (χ1) is 10.1. The summed E-state index contributed by atoms with van der Waals surface area (Å²) in [6, 6.07) is 8.76. The van der Waals surface area contributed by atoms with Crippen LogP contribution < -0.4 is 15.2 Å². The van der Waals surface area contributed by atoms with E-state index in [0.717, 1.165) is 5.75 Å². The Bertz CT molecular complexity index is 605. The minimum atomic E-state index is -0.424. The zero-order chi connectivity index (χ0) is 15.2. The van der Waals surface area contributed by atoms with Crippen LogP contribution in [0.5, 0.6) is 11.5 Å². The predicted molar refractivity (Wildman–Crippen MR) is 78.6 cm³/mol. The summed E-state index contributed by atoms with van der Waals surface area (Å²) >= 11 is 0. The first-order valence-corrected chi connectivity index (χ1v) is 6.46. The van der Waals surface area contributed by atoms with Crippen molar-refractivity contribution in [2.75, 3.05) is 26.1 Å². The highest BCUT2D eigenvalue weighted by Gasteiger charge is 2.12. The topological polar surface area (TPSA) is 75.7 Å². The zero-order valence-corrected chi connectivity index (χ0v) is 12.0. The summed E-state index contributed by atoms with van der Waals surface area (Å²) in [6.07, 6.45) is 1.66. The zero-order valence-electron chi connectivity index (χ0n) is 12.0. The Morgan fingerprint density at radius 3 is 2.43 bits per heavy atom. The molecule has 0 aliphatic carbocycles. The number of aromatic nitrogens is 1. The first kappa shape index (κ1) is 14.8. The van der Waals surface area contributed by atoms with Crippen molar-refractivity contribution in [1.82, 2.24) is 4.57 Å². The number of esters is 1. The Morgan fingerprint density at radius 1 is 1.19 bits per heavy atom. The number of hydrogen-bond donors (Lipinski definition) is 1. The van der Waals surface area contributed by atoms with Crippen molar-refractivity contribution in [2.45, 2.75) is 0 Å². The molecule has 0 spiro atoms. The molecule has 0 aliphatic heterocycles. The minimum absolute atomic E-state index is 0.163. The molecule has 2 aromatic rings. The van der Waals surface area contributed by atoms with Gasteiger partial charge in [0.15, 0.2) is 0 Å². The summed E-state index contributed by atoms with van der Waals surface area (Å²) in [5, 5.41) is 0. The summed E-state index contributed by atoms with van der Waals surface area (Å²) in [5.41, 5.74) is 6.55. The van der Waals surface area contributed by atoms with Crippen molar-refractivity contribution in [3.05, 3.63) is 42.2 Å². The number of anilines is 1. The molecule has 6 nitrogen and oxygen atoms in total. The monoisotopic (exact) mass is 290 g/mol. The van der Waals surface area contributed by atoms with E-state index in [0.29, 0.717) is 17.1 Å². The van der Waals surface area contributed by atoms with E-state index in [1.54, 1.807) is 55.3 Å². The van der Waals surface area contributed by atoms with Crippen LogP contribution in [0.25, 0.3) is 0 Å². The van der Waals surface area contributed by atoms with Crippen LogP contribution in [0.15, 0.2) is 36.5 Å². The number of carbonyl (C=O) groups is 1. The number of methoxy groups -OCH3 is 1. The van der Waals surface area contributed by atoms with E-state index in [4.69, 9.17) is 19.9 Å². The molecule has 0 fully saturated rings. The van der Waals surface area contributed by atoms with Gasteiger partial charge in [0, 0.05) is 13.2 Å². The number of aryl methyl sites for hydroxylation is 1. The van der Waals surface area contributed by atoms with Gasteiger partial charge in [-0.05, 0) is 30.3 Å². The fourth-order valence-corrected chi connectivity index (χ4v) is 1.83. The second kappa shape index (κ2) is 6.69. The molecule has 0 bridgehead atoms. The lowest BCUT2D eigenvalue weighted by Gasteiger charge is -2.08. The summed E-state index contributed by atoms with van der Waals surface area (Å²) in [6.45, 7) is 0.438. The summed E-state index contributed by atoms with van der Waals surface area (Å²) in [5.74, 6) is 1.03. The van der Waals surface area contributed by atoms with Gasteiger partial charge < -0.3 is 24.5 Å². The molecule has 21 heavy (non-hydrogen) atoms. The van der Waals surface area contributed by atoms with E-state index in [1.807, 2.05) is 0 Å². The smallest absolute Gasteiger partial charge is 0.355 e. The fraction of sp³-hybridized carbons (Fsp3) is 0.267. The molecule has 1 aromatic carbocycles. The van der Waals surface area contributed by atoms with E-state index in [2.05, 4.69) is 0 Å². The number of ether oxygens (including phenoxy) is 3. The highest BCUT2D eigenvalue weighted by atomic mass is 16.6. The van der Waals surface area contributed by atoms with Crippen LogP contribution in [0.1, 0.15) is 10.5 Å². The number of hydrogen-bond acceptors (Lipinski definition) is 5. The Kier molecular flexibility index (Phi) is 4.71. The van der Waals surface area contributed by atoms with Gasteiger partial charge in [0.2, 0.25) is 0 Å². The molecule has 1 aromatic heterocycles. The maximum atomic E-state index is 11.8. The minimum Gasteiger partial charge on any atom is -0.497 e. The summed E-state index contributed by atoms with van der Waals surface area (Å²) in [7, 11) is 3.34. The second-order valence-corrected chi connectivity index (χ2v) is 4.43. The van der Waals surface area contributed by atoms with Crippen LogP contribution in [-0.4, -0.2) is 30.9 Å². The van der Waals surface area contributed by atoms with E-state index in [1.165, 1.54) is 0 Å². The van der Waals surface area contributed by atoms with Gasteiger partial charge in [-0.2, -0.15) is 0 Å². The van der Waals surface area contributed by atoms with Crippen LogP contribution in [0.3, 0.4) is 0 Å². The van der Waals surface area contributed by atoms with Gasteiger partial charge in [-0.1, -0.05) is 0 Å². The number of nitrogen functional groups attached to an aromatic ring is 1. The summed E-state index contributed by atoms with van der Waals surface area (Å²) in [4.78, 5) is 11.8. The average Bonchev–Trinajstić information content (AvgIpc) is 2.83. The van der Waals surface area contributed by atoms with Gasteiger partial charge >= 0.3 is 5.97 Å². The van der Waals surface area contributed by atoms with Gasteiger partial charge in [0.1, 0.15) is 30.4 Å². The van der Waals surface area contributed by atoms with Crippen molar-refractivity contribution in [2.24, 2.45) is 7.05 Å². The van der Waals surface area contributed by atoms with Gasteiger partial charge in [-0.15, -0.1) is 0 Å². The molecule has 1 heterocycles. The molecule has 0 amide bonds. The predicted octanol–water partition coefficient (Wildman–Crippen LogP) is 1.85. The fourth-order valence-electron chi connectivity index (χ4n) is 1.83. The lowest BCUT2D eigenvalue weighted by Crippen LogP contribution is -2.14. The van der Waals surface area contributed by atoms with Gasteiger partial charge in [0.25, 0.3) is 0 Å². The number of rotatable bonds is 6. The average molecular weight is 290 g/mol. The Hall–Kier alpha value is -2.63. The molecular formula is C15H18N2O4. The molecule has 2 rings (SSSR count). The normalized spacial score (nSPS) is 10.2. The van der Waals surface area contributed by atoms with Crippen LogP contribution in [0.4, 0.5) is 5.69 Å². The lowest BCUT2D eigenvalue weighted by atomic mass is 10.3. The van der Waals surface area contributed by atoms with Crippen molar-refractivity contribution in [1.29, 1.82) is 0 Å². The largest absolute Gasteiger partial charge is 0.497 e. The van der Waals surface area contributed by atoms with Gasteiger partial charge in [-0.25, -0.2) is 4.79 Å². The third kappa shape index (κ3) is 3.92. The number of carbonyl (C=O) groups excluding carboxylic acids is 1. The van der Waals surface area contributed by atoms with Gasteiger partial charge in [-0.3, -0.25) is 0 Å². The van der Waals surface area contributed by atoms with Crippen LogP contribution in [0, 0.1) is 0 Å². The third-order valence-electron chi connectivity index (χ3n) is 2.88. The molecule has 0 radical (unpaired) electrons. The SMILES string of the molecule is COc1ccc(OCCOC(=O)c2cc(N)cn2C)cc1. The van der Waals surface area contributed by atoms with E-state index in [-0.39, 0.29) is 13.2 Å². The quantitative estimate of drug-likeness (QED) is 0.649. The Labute approximate surface area is 123 Å². The van der Waals surface area contributed by atoms with Crippen LogP contribution in [-0.2, 0) is 11.8 Å². The molecular weight excluding hydrogens is 272 g/mol. The summed E-state index contributed by atoms with van der Waals surface area (Å²) < 4.78 is 17.3. The van der Waals surface area contributed by atoms with Crippen molar-refractivity contribution >= 4 is 11.7 Å². The van der Waals surface area contributed by atoms with E-state index < -0.39 is 5.97 Å². The molecule has 0 aliphatic rings. The second-order valence-electron chi connectivity index (χ2n) is 4.43. The van der Waals surface area contributed by atoms with E-state index >= 15 is 0 Å². The molecule has 112 valence electrons. The molecule has 0 atom stereocenters. The molecule has 0 unspecified atom stereocenters. The van der Waals surface area contributed by atoms with E-state index in [9.17, 15) is 4.79 Å². The maximum absolute atomic E-state index is 11.8. The van der Waals surface area contributed by atoms with Crippen LogP contribution in [0.2, 0.25) is 0 Å². The highest BCUT2D eigenvalue weighted by Crippen LogP contribution is 2.16. The van der Waals surface area contributed by atoms with Crippen molar-refractivity contribution < 1.29 is 19.0 Å². The van der Waals surface area contributed by atoms with Crippen molar-refractivity contribution in [3.8, 4) is 11.5 Å². The Morgan fingerprint density at radius 2 is 1.86 bits per heavy atom.